The molecule has 2 rings (SSSR count). The predicted octanol–water partition coefficient (Wildman–Crippen LogP) is 2.26. The lowest BCUT2D eigenvalue weighted by Crippen LogP contribution is -2.44. The van der Waals surface area contributed by atoms with E-state index < -0.39 is 0 Å². The van der Waals surface area contributed by atoms with Crippen molar-refractivity contribution in [1.82, 2.24) is 4.90 Å². The molecular weight excluding hydrogens is 244 g/mol. The van der Waals surface area contributed by atoms with Crippen LogP contribution in [0.4, 0.5) is 10.5 Å². The number of hydrogen-bond donors (Lipinski definition) is 0. The number of rotatable bonds is 2. The Morgan fingerprint density at radius 1 is 1.21 bits per heavy atom. The van der Waals surface area contributed by atoms with Crippen LogP contribution in [-0.4, -0.2) is 36.0 Å². The lowest BCUT2D eigenvalue weighted by atomic mass is 10.1. The van der Waals surface area contributed by atoms with Crippen molar-refractivity contribution >= 4 is 17.6 Å². The number of carbonyl (C=O) groups excluding carboxylic acids is 2. The van der Waals surface area contributed by atoms with E-state index in [0.29, 0.717) is 11.4 Å². The first-order valence-electron chi connectivity index (χ1n) is 6.13. The summed E-state index contributed by atoms with van der Waals surface area (Å²) in [5, 5.41) is 0. The van der Waals surface area contributed by atoms with E-state index in [1.54, 1.807) is 36.3 Å². The highest BCUT2D eigenvalue weighted by Crippen LogP contribution is 2.28. The van der Waals surface area contributed by atoms with Gasteiger partial charge in [-0.3, -0.25) is 4.79 Å². The molecule has 0 radical (unpaired) electrons. The van der Waals surface area contributed by atoms with Crippen molar-refractivity contribution in [3.05, 3.63) is 24.3 Å². The molecule has 1 aromatic carbocycles. The maximum Gasteiger partial charge on any atom is 0.332 e. The smallest absolute Gasteiger partial charge is 0.332 e. The van der Waals surface area contributed by atoms with E-state index in [1.165, 1.54) is 4.90 Å². The van der Waals surface area contributed by atoms with E-state index in [0.717, 1.165) is 0 Å². The van der Waals surface area contributed by atoms with E-state index >= 15 is 0 Å². The SMILES string of the molecule is COc1cccc(N2C(=O)CN(C(C)(C)C)C2=O)c1. The van der Waals surface area contributed by atoms with Crippen LogP contribution in [0.1, 0.15) is 20.8 Å². The van der Waals surface area contributed by atoms with Crippen LogP contribution in [0.15, 0.2) is 24.3 Å². The van der Waals surface area contributed by atoms with E-state index in [4.69, 9.17) is 4.74 Å². The topological polar surface area (TPSA) is 49.9 Å². The molecule has 1 aromatic rings. The summed E-state index contributed by atoms with van der Waals surface area (Å²) in [7, 11) is 1.55. The maximum atomic E-state index is 12.4. The third-order valence-electron chi connectivity index (χ3n) is 3.09. The monoisotopic (exact) mass is 262 g/mol. The van der Waals surface area contributed by atoms with Crippen LogP contribution in [0.2, 0.25) is 0 Å². The first kappa shape index (κ1) is 13.4. The van der Waals surface area contributed by atoms with Gasteiger partial charge in [0.1, 0.15) is 12.3 Å². The molecule has 1 aliphatic heterocycles. The summed E-state index contributed by atoms with van der Waals surface area (Å²) in [5.74, 6) is 0.403. The molecule has 0 saturated carbocycles. The number of benzene rings is 1. The second-order valence-corrected chi connectivity index (χ2v) is 5.47. The van der Waals surface area contributed by atoms with Crippen LogP contribution in [0, 0.1) is 0 Å². The van der Waals surface area contributed by atoms with Gasteiger partial charge in [-0.15, -0.1) is 0 Å². The van der Waals surface area contributed by atoms with Crippen molar-refractivity contribution in [2.75, 3.05) is 18.6 Å². The van der Waals surface area contributed by atoms with Crippen molar-refractivity contribution in [3.8, 4) is 5.75 Å². The van der Waals surface area contributed by atoms with E-state index in [9.17, 15) is 9.59 Å². The highest BCUT2D eigenvalue weighted by Gasteiger charge is 2.42. The number of hydrogen-bond acceptors (Lipinski definition) is 3. The van der Waals surface area contributed by atoms with Crippen LogP contribution >= 0.6 is 0 Å². The van der Waals surface area contributed by atoms with Gasteiger partial charge < -0.3 is 9.64 Å². The quantitative estimate of drug-likeness (QED) is 0.768. The number of imide groups is 1. The third-order valence-corrected chi connectivity index (χ3v) is 3.09. The van der Waals surface area contributed by atoms with Crippen LogP contribution in [-0.2, 0) is 4.79 Å². The minimum Gasteiger partial charge on any atom is -0.497 e. The fourth-order valence-corrected chi connectivity index (χ4v) is 2.03. The van der Waals surface area contributed by atoms with Crippen molar-refractivity contribution in [3.63, 3.8) is 0 Å². The summed E-state index contributed by atoms with van der Waals surface area (Å²) in [6.45, 7) is 5.84. The van der Waals surface area contributed by atoms with Crippen LogP contribution < -0.4 is 9.64 Å². The average molecular weight is 262 g/mol. The van der Waals surface area contributed by atoms with Gasteiger partial charge in [-0.05, 0) is 32.9 Å². The van der Waals surface area contributed by atoms with E-state index in [1.807, 2.05) is 20.8 Å². The molecule has 1 heterocycles. The van der Waals surface area contributed by atoms with Crippen molar-refractivity contribution < 1.29 is 14.3 Å². The highest BCUT2D eigenvalue weighted by molar-refractivity contribution is 6.20. The molecule has 0 bridgehead atoms. The Labute approximate surface area is 112 Å². The first-order valence-corrected chi connectivity index (χ1v) is 6.13. The second-order valence-electron chi connectivity index (χ2n) is 5.47. The molecule has 0 atom stereocenters. The van der Waals surface area contributed by atoms with E-state index in [-0.39, 0.29) is 24.0 Å². The Morgan fingerprint density at radius 3 is 2.42 bits per heavy atom. The van der Waals surface area contributed by atoms with Gasteiger partial charge in [0.25, 0.3) is 5.91 Å². The summed E-state index contributed by atoms with van der Waals surface area (Å²) in [6.07, 6.45) is 0. The molecule has 1 saturated heterocycles. The summed E-state index contributed by atoms with van der Waals surface area (Å²) in [6, 6.07) is 6.66. The molecule has 19 heavy (non-hydrogen) atoms. The summed E-state index contributed by atoms with van der Waals surface area (Å²) >= 11 is 0. The maximum absolute atomic E-state index is 12.4. The van der Waals surface area contributed by atoms with Gasteiger partial charge in [-0.1, -0.05) is 6.07 Å². The summed E-state index contributed by atoms with van der Waals surface area (Å²) in [5.41, 5.74) is 0.168. The zero-order valence-corrected chi connectivity index (χ0v) is 11.6. The summed E-state index contributed by atoms with van der Waals surface area (Å²) in [4.78, 5) is 27.2. The predicted molar refractivity (Wildman–Crippen MR) is 72.3 cm³/mol. The Hall–Kier alpha value is -2.04. The Morgan fingerprint density at radius 2 is 1.89 bits per heavy atom. The zero-order chi connectivity index (χ0) is 14.2. The van der Waals surface area contributed by atoms with Crippen molar-refractivity contribution in [2.45, 2.75) is 26.3 Å². The first-order chi connectivity index (χ1) is 8.84. The number of anilines is 1. The largest absolute Gasteiger partial charge is 0.497 e. The molecule has 5 nitrogen and oxygen atoms in total. The minimum absolute atomic E-state index is 0.111. The lowest BCUT2D eigenvalue weighted by Gasteiger charge is -2.30. The normalized spacial score (nSPS) is 16.2. The molecule has 0 N–H and O–H groups in total. The second kappa shape index (κ2) is 4.57. The number of amides is 3. The van der Waals surface area contributed by atoms with Gasteiger partial charge in [-0.2, -0.15) is 0 Å². The van der Waals surface area contributed by atoms with Gasteiger partial charge in [0, 0.05) is 11.6 Å². The minimum atomic E-state index is -0.375. The Kier molecular flexibility index (Phi) is 3.22. The van der Waals surface area contributed by atoms with Crippen molar-refractivity contribution in [1.29, 1.82) is 0 Å². The molecule has 0 aromatic heterocycles. The molecule has 0 spiro atoms. The lowest BCUT2D eigenvalue weighted by molar-refractivity contribution is -0.117. The average Bonchev–Trinajstić information content (AvgIpc) is 2.65. The number of ether oxygens (including phenoxy) is 1. The highest BCUT2D eigenvalue weighted by atomic mass is 16.5. The van der Waals surface area contributed by atoms with Crippen LogP contribution in [0.3, 0.4) is 0 Å². The molecule has 0 unspecified atom stereocenters. The standard InChI is InChI=1S/C14H18N2O3/c1-14(2,3)15-9-12(17)16(13(15)18)10-6-5-7-11(8-10)19-4/h5-8H,9H2,1-4H3. The van der Waals surface area contributed by atoms with Gasteiger partial charge in [-0.25, -0.2) is 9.69 Å². The summed E-state index contributed by atoms with van der Waals surface area (Å²) < 4.78 is 5.12. The number of carbonyl (C=O) groups is 2. The fraction of sp³-hybridized carbons (Fsp3) is 0.429. The zero-order valence-electron chi connectivity index (χ0n) is 11.6. The van der Waals surface area contributed by atoms with E-state index in [2.05, 4.69) is 0 Å². The van der Waals surface area contributed by atoms with Gasteiger partial charge in [0.15, 0.2) is 0 Å². The van der Waals surface area contributed by atoms with Gasteiger partial charge >= 0.3 is 6.03 Å². The number of nitrogens with zero attached hydrogens (tertiary/aromatic N) is 2. The molecule has 1 aliphatic rings. The number of methoxy groups -OCH3 is 1. The van der Waals surface area contributed by atoms with Gasteiger partial charge in [0.05, 0.1) is 12.8 Å². The van der Waals surface area contributed by atoms with Crippen molar-refractivity contribution in [2.24, 2.45) is 0 Å². The van der Waals surface area contributed by atoms with Crippen LogP contribution in [0.5, 0.6) is 5.75 Å². The number of urea groups is 1. The third kappa shape index (κ3) is 2.41. The molecule has 102 valence electrons. The molecular formula is C14H18N2O3. The molecule has 1 fully saturated rings. The molecule has 5 heteroatoms. The fourth-order valence-electron chi connectivity index (χ4n) is 2.03. The molecule has 0 aliphatic carbocycles. The van der Waals surface area contributed by atoms with Gasteiger partial charge in [0.2, 0.25) is 0 Å². The Bertz CT molecular complexity index is 520. The Balaban J connectivity index is 2.35. The van der Waals surface area contributed by atoms with Crippen LogP contribution in [0.25, 0.3) is 0 Å². The molecule has 3 amide bonds.